The van der Waals surface area contributed by atoms with Crippen molar-refractivity contribution in [3.05, 3.63) is 0 Å². The molecule has 0 saturated carbocycles. The number of carbonyl (C=O) groups is 1. The van der Waals surface area contributed by atoms with Gasteiger partial charge in [0, 0.05) is 19.0 Å². The Morgan fingerprint density at radius 2 is 2.20 bits per heavy atom. The van der Waals surface area contributed by atoms with E-state index in [4.69, 9.17) is 5.11 Å². The molecule has 4 nitrogen and oxygen atoms in total. The SMILES string of the molecule is CC1CN(C)CCCN1CCCC(=O)O. The molecule has 0 aromatic heterocycles. The van der Waals surface area contributed by atoms with E-state index < -0.39 is 5.97 Å². The summed E-state index contributed by atoms with van der Waals surface area (Å²) in [4.78, 5) is 15.2. The van der Waals surface area contributed by atoms with Gasteiger partial charge < -0.3 is 10.0 Å². The predicted octanol–water partition coefficient (Wildman–Crippen LogP) is 0.877. The third-order valence-electron chi connectivity index (χ3n) is 3.02. The summed E-state index contributed by atoms with van der Waals surface area (Å²) in [6.45, 7) is 6.49. The largest absolute Gasteiger partial charge is 0.481 e. The van der Waals surface area contributed by atoms with Crippen LogP contribution in [0.1, 0.15) is 26.2 Å². The van der Waals surface area contributed by atoms with Crippen LogP contribution in [0.2, 0.25) is 0 Å². The highest BCUT2D eigenvalue weighted by Crippen LogP contribution is 2.09. The van der Waals surface area contributed by atoms with Crippen LogP contribution >= 0.6 is 0 Å². The quantitative estimate of drug-likeness (QED) is 0.754. The highest BCUT2D eigenvalue weighted by atomic mass is 16.4. The molecule has 1 saturated heterocycles. The van der Waals surface area contributed by atoms with Crippen LogP contribution in [-0.2, 0) is 4.79 Å². The summed E-state index contributed by atoms with van der Waals surface area (Å²) in [5, 5.41) is 8.58. The van der Waals surface area contributed by atoms with Crippen molar-refractivity contribution in [3.8, 4) is 0 Å². The topological polar surface area (TPSA) is 43.8 Å². The Kier molecular flexibility index (Phi) is 5.05. The summed E-state index contributed by atoms with van der Waals surface area (Å²) in [6, 6.07) is 0.547. The highest BCUT2D eigenvalue weighted by Gasteiger charge is 2.18. The average molecular weight is 214 g/mol. The molecular weight excluding hydrogens is 192 g/mol. The average Bonchev–Trinajstić information content (AvgIpc) is 2.28. The van der Waals surface area contributed by atoms with E-state index in [2.05, 4.69) is 23.8 Å². The van der Waals surface area contributed by atoms with Crippen molar-refractivity contribution in [1.29, 1.82) is 0 Å². The lowest BCUT2D eigenvalue weighted by Gasteiger charge is -2.27. The Morgan fingerprint density at radius 3 is 2.87 bits per heavy atom. The second-order valence-electron chi connectivity index (χ2n) is 4.50. The molecule has 0 amide bonds. The van der Waals surface area contributed by atoms with Crippen LogP contribution in [0, 0.1) is 0 Å². The monoisotopic (exact) mass is 214 g/mol. The fourth-order valence-corrected chi connectivity index (χ4v) is 2.19. The van der Waals surface area contributed by atoms with Gasteiger partial charge in [-0.1, -0.05) is 0 Å². The molecule has 1 unspecified atom stereocenters. The number of hydrogen-bond donors (Lipinski definition) is 1. The summed E-state index contributed by atoms with van der Waals surface area (Å²) in [5.41, 5.74) is 0. The van der Waals surface area contributed by atoms with Gasteiger partial charge in [0.05, 0.1) is 0 Å². The molecule has 4 heteroatoms. The molecular formula is C11H22N2O2. The minimum absolute atomic E-state index is 0.291. The number of rotatable bonds is 4. The first kappa shape index (κ1) is 12.5. The number of nitrogens with zero attached hydrogens (tertiary/aromatic N) is 2. The summed E-state index contributed by atoms with van der Waals surface area (Å²) in [5.74, 6) is -0.686. The molecule has 0 aromatic carbocycles. The number of likely N-dealkylation sites (N-methyl/N-ethyl adjacent to an activating group) is 1. The van der Waals surface area contributed by atoms with Crippen LogP contribution < -0.4 is 0 Å². The zero-order chi connectivity index (χ0) is 11.3. The fraction of sp³-hybridized carbons (Fsp3) is 0.909. The summed E-state index contributed by atoms with van der Waals surface area (Å²) in [7, 11) is 2.15. The van der Waals surface area contributed by atoms with Crippen molar-refractivity contribution in [1.82, 2.24) is 9.80 Å². The Hall–Kier alpha value is -0.610. The molecule has 1 heterocycles. The molecule has 1 N–H and O–H groups in total. The first-order valence-electron chi connectivity index (χ1n) is 5.74. The van der Waals surface area contributed by atoms with E-state index in [1.807, 2.05) is 0 Å². The smallest absolute Gasteiger partial charge is 0.303 e. The maximum atomic E-state index is 10.4. The van der Waals surface area contributed by atoms with Gasteiger partial charge in [-0.2, -0.15) is 0 Å². The summed E-state index contributed by atoms with van der Waals surface area (Å²) in [6.07, 6.45) is 2.25. The highest BCUT2D eigenvalue weighted by molar-refractivity contribution is 5.66. The van der Waals surface area contributed by atoms with Crippen LogP contribution in [-0.4, -0.2) is 60.1 Å². The molecule has 0 radical (unpaired) electrons. The van der Waals surface area contributed by atoms with Gasteiger partial charge in [-0.3, -0.25) is 9.69 Å². The zero-order valence-corrected chi connectivity index (χ0v) is 9.78. The lowest BCUT2D eigenvalue weighted by molar-refractivity contribution is -0.137. The molecule has 0 aromatic rings. The van der Waals surface area contributed by atoms with Gasteiger partial charge in [0.1, 0.15) is 0 Å². The van der Waals surface area contributed by atoms with Gasteiger partial charge in [-0.25, -0.2) is 0 Å². The van der Waals surface area contributed by atoms with Gasteiger partial charge in [0.2, 0.25) is 0 Å². The molecule has 88 valence electrons. The standard InChI is InChI=1S/C11H22N2O2/c1-10-9-12(2)6-4-8-13(10)7-3-5-11(14)15/h10H,3-9H2,1-2H3,(H,14,15). The zero-order valence-electron chi connectivity index (χ0n) is 9.78. The summed E-state index contributed by atoms with van der Waals surface area (Å²) < 4.78 is 0. The van der Waals surface area contributed by atoms with Gasteiger partial charge in [0.25, 0.3) is 0 Å². The van der Waals surface area contributed by atoms with Crippen molar-refractivity contribution < 1.29 is 9.90 Å². The molecule has 0 spiro atoms. The van der Waals surface area contributed by atoms with E-state index in [9.17, 15) is 4.79 Å². The molecule has 0 aliphatic carbocycles. The number of carboxylic acids is 1. The Labute approximate surface area is 91.9 Å². The summed E-state index contributed by atoms with van der Waals surface area (Å²) >= 11 is 0. The van der Waals surface area contributed by atoms with E-state index in [1.165, 1.54) is 6.42 Å². The van der Waals surface area contributed by atoms with Gasteiger partial charge in [0.15, 0.2) is 0 Å². The first-order valence-corrected chi connectivity index (χ1v) is 5.74. The molecule has 1 rings (SSSR count). The second kappa shape index (κ2) is 6.08. The van der Waals surface area contributed by atoms with Crippen LogP contribution in [0.4, 0.5) is 0 Å². The van der Waals surface area contributed by atoms with E-state index in [-0.39, 0.29) is 0 Å². The number of carboxylic acid groups (broad SMARTS) is 1. The van der Waals surface area contributed by atoms with Crippen LogP contribution in [0.3, 0.4) is 0 Å². The van der Waals surface area contributed by atoms with E-state index in [0.717, 1.165) is 32.6 Å². The Bertz CT molecular complexity index is 209. The first-order chi connectivity index (χ1) is 7.09. The lowest BCUT2D eigenvalue weighted by Crippen LogP contribution is -2.38. The van der Waals surface area contributed by atoms with Crippen molar-refractivity contribution in [3.63, 3.8) is 0 Å². The predicted molar refractivity (Wildman–Crippen MR) is 60.0 cm³/mol. The van der Waals surface area contributed by atoms with Crippen molar-refractivity contribution in [2.45, 2.75) is 32.2 Å². The fourth-order valence-electron chi connectivity index (χ4n) is 2.19. The Balaban J connectivity index is 2.29. The van der Waals surface area contributed by atoms with Crippen molar-refractivity contribution in [2.75, 3.05) is 33.2 Å². The van der Waals surface area contributed by atoms with Gasteiger partial charge in [-0.15, -0.1) is 0 Å². The Morgan fingerprint density at radius 1 is 1.47 bits per heavy atom. The lowest BCUT2D eigenvalue weighted by atomic mass is 10.2. The van der Waals surface area contributed by atoms with E-state index >= 15 is 0 Å². The minimum Gasteiger partial charge on any atom is -0.481 e. The molecule has 1 fully saturated rings. The maximum absolute atomic E-state index is 10.4. The number of aliphatic carboxylic acids is 1. The van der Waals surface area contributed by atoms with Crippen molar-refractivity contribution in [2.24, 2.45) is 0 Å². The molecule has 15 heavy (non-hydrogen) atoms. The van der Waals surface area contributed by atoms with E-state index in [0.29, 0.717) is 12.5 Å². The molecule has 1 aliphatic rings. The van der Waals surface area contributed by atoms with Crippen LogP contribution in [0.15, 0.2) is 0 Å². The van der Waals surface area contributed by atoms with Crippen LogP contribution in [0.5, 0.6) is 0 Å². The number of hydrogen-bond acceptors (Lipinski definition) is 3. The third kappa shape index (κ3) is 4.62. The minimum atomic E-state index is -0.686. The van der Waals surface area contributed by atoms with E-state index in [1.54, 1.807) is 0 Å². The molecule has 1 aliphatic heterocycles. The third-order valence-corrected chi connectivity index (χ3v) is 3.02. The second-order valence-corrected chi connectivity index (χ2v) is 4.50. The van der Waals surface area contributed by atoms with Gasteiger partial charge in [-0.05, 0) is 46.4 Å². The molecule has 0 bridgehead atoms. The normalized spacial score (nSPS) is 25.1. The van der Waals surface area contributed by atoms with Crippen LogP contribution in [0.25, 0.3) is 0 Å². The maximum Gasteiger partial charge on any atom is 0.303 e. The van der Waals surface area contributed by atoms with Crippen molar-refractivity contribution >= 4 is 5.97 Å². The molecule has 1 atom stereocenters. The van der Waals surface area contributed by atoms with Gasteiger partial charge >= 0.3 is 5.97 Å².